The molecular formula is C9H8NO. The molecule has 1 radical (unpaired) electrons. The van der Waals surface area contributed by atoms with Crippen LogP contribution in [-0.4, -0.2) is 13.0 Å². The van der Waals surface area contributed by atoms with Gasteiger partial charge in [-0.3, -0.25) is 0 Å². The molecule has 0 amide bonds. The van der Waals surface area contributed by atoms with Gasteiger partial charge in [-0.2, -0.15) is 0 Å². The van der Waals surface area contributed by atoms with Crippen molar-refractivity contribution in [3.8, 4) is 0 Å². The first kappa shape index (κ1) is 6.40. The number of nitrogens with zero attached hydrogens (tertiary/aromatic N) is 1. The van der Waals surface area contributed by atoms with Crippen molar-refractivity contribution >= 4 is 6.40 Å². The maximum Gasteiger partial charge on any atom is 0.273 e. The Kier molecular flexibility index (Phi) is 1.60. The third kappa shape index (κ3) is 1.24. The first-order valence-corrected chi connectivity index (χ1v) is 3.58. The Balaban J connectivity index is 2.23. The smallest absolute Gasteiger partial charge is 0.273 e. The number of ether oxygens (including phenoxy) is 1. The van der Waals surface area contributed by atoms with Gasteiger partial charge in [0.2, 0.25) is 0 Å². The van der Waals surface area contributed by atoms with Crippen molar-refractivity contribution in [1.29, 1.82) is 0 Å². The summed E-state index contributed by atoms with van der Waals surface area (Å²) < 4.78 is 4.89. The minimum absolute atomic E-state index is 0.163. The summed E-state index contributed by atoms with van der Waals surface area (Å²) in [7, 11) is 0. The van der Waals surface area contributed by atoms with E-state index < -0.39 is 0 Å². The van der Waals surface area contributed by atoms with Crippen LogP contribution in [0.15, 0.2) is 35.3 Å². The van der Waals surface area contributed by atoms with Gasteiger partial charge >= 0.3 is 0 Å². The Bertz CT molecular complexity index is 256. The van der Waals surface area contributed by atoms with Crippen LogP contribution in [0.3, 0.4) is 0 Å². The number of hydrogen-bond donors (Lipinski definition) is 0. The summed E-state index contributed by atoms with van der Waals surface area (Å²) in [6.07, 6.45) is 2.50. The van der Waals surface area contributed by atoms with Crippen molar-refractivity contribution in [2.45, 2.75) is 6.04 Å². The lowest BCUT2D eigenvalue weighted by Gasteiger charge is -2.03. The molecule has 1 aromatic carbocycles. The lowest BCUT2D eigenvalue weighted by molar-refractivity contribution is 0.330. The number of benzene rings is 1. The maximum atomic E-state index is 4.89. The molecule has 1 atom stereocenters. The van der Waals surface area contributed by atoms with Gasteiger partial charge in [0.25, 0.3) is 6.40 Å². The first-order chi connectivity index (χ1) is 5.47. The van der Waals surface area contributed by atoms with E-state index >= 15 is 0 Å². The van der Waals surface area contributed by atoms with Gasteiger partial charge in [-0.1, -0.05) is 30.3 Å². The Morgan fingerprint density at radius 1 is 1.36 bits per heavy atom. The molecular weight excluding hydrogens is 138 g/mol. The molecule has 2 nitrogen and oxygen atoms in total. The lowest BCUT2D eigenvalue weighted by Crippen LogP contribution is -1.95. The van der Waals surface area contributed by atoms with Crippen molar-refractivity contribution in [3.63, 3.8) is 0 Å². The van der Waals surface area contributed by atoms with Crippen molar-refractivity contribution in [2.24, 2.45) is 4.99 Å². The van der Waals surface area contributed by atoms with Crippen molar-refractivity contribution in [3.05, 3.63) is 35.9 Å². The van der Waals surface area contributed by atoms with E-state index in [0.29, 0.717) is 6.61 Å². The normalized spacial score (nSPS) is 21.6. The zero-order chi connectivity index (χ0) is 7.52. The molecule has 0 bridgehead atoms. The average Bonchev–Trinajstić information content (AvgIpc) is 2.58. The molecule has 0 unspecified atom stereocenters. The fourth-order valence-electron chi connectivity index (χ4n) is 1.10. The summed E-state index contributed by atoms with van der Waals surface area (Å²) in [5.41, 5.74) is 1.19. The first-order valence-electron chi connectivity index (χ1n) is 3.58. The number of hydrogen-bond acceptors (Lipinski definition) is 2. The van der Waals surface area contributed by atoms with Crippen LogP contribution >= 0.6 is 0 Å². The SMILES string of the molecule is [C]1=N[C@@H](c2ccccc2)CO1. The van der Waals surface area contributed by atoms with E-state index in [9.17, 15) is 0 Å². The second kappa shape index (κ2) is 2.74. The highest BCUT2D eigenvalue weighted by Crippen LogP contribution is 2.19. The van der Waals surface area contributed by atoms with E-state index in [1.807, 2.05) is 30.3 Å². The third-order valence-corrected chi connectivity index (χ3v) is 1.70. The summed E-state index contributed by atoms with van der Waals surface area (Å²) in [5, 5.41) is 0. The molecule has 0 aliphatic carbocycles. The zero-order valence-corrected chi connectivity index (χ0v) is 6.03. The van der Waals surface area contributed by atoms with Crippen LogP contribution in [0.4, 0.5) is 0 Å². The van der Waals surface area contributed by atoms with Crippen molar-refractivity contribution in [1.82, 2.24) is 0 Å². The Morgan fingerprint density at radius 3 is 2.82 bits per heavy atom. The molecule has 0 saturated heterocycles. The second-order valence-corrected chi connectivity index (χ2v) is 2.46. The topological polar surface area (TPSA) is 21.6 Å². The molecule has 2 rings (SSSR count). The van der Waals surface area contributed by atoms with Crippen LogP contribution in [-0.2, 0) is 4.74 Å². The fraction of sp³-hybridized carbons (Fsp3) is 0.222. The Labute approximate surface area is 65.5 Å². The summed E-state index contributed by atoms with van der Waals surface area (Å²) in [6.45, 7) is 0.629. The standard InChI is InChI=1S/C9H8NO/c1-2-4-8(5-3-1)9-6-11-7-10-9/h1-5,9H,6H2/t9-/m1/s1. The molecule has 2 heteroatoms. The lowest BCUT2D eigenvalue weighted by atomic mass is 10.1. The van der Waals surface area contributed by atoms with Crippen molar-refractivity contribution < 1.29 is 4.74 Å². The second-order valence-electron chi connectivity index (χ2n) is 2.46. The van der Waals surface area contributed by atoms with E-state index in [1.54, 1.807) is 0 Å². The Morgan fingerprint density at radius 2 is 2.18 bits per heavy atom. The highest BCUT2D eigenvalue weighted by molar-refractivity contribution is 5.50. The number of rotatable bonds is 1. The van der Waals surface area contributed by atoms with E-state index in [0.717, 1.165) is 0 Å². The van der Waals surface area contributed by atoms with Crippen LogP contribution in [0, 0.1) is 0 Å². The molecule has 1 heterocycles. The number of aliphatic imine (C=N–C) groups is 1. The monoisotopic (exact) mass is 146 g/mol. The van der Waals surface area contributed by atoms with E-state index in [2.05, 4.69) is 11.4 Å². The minimum Gasteiger partial charge on any atom is -0.471 e. The summed E-state index contributed by atoms with van der Waals surface area (Å²) >= 11 is 0. The van der Waals surface area contributed by atoms with Gasteiger partial charge in [-0.05, 0) is 5.56 Å². The van der Waals surface area contributed by atoms with Crippen LogP contribution in [0.2, 0.25) is 0 Å². The average molecular weight is 146 g/mol. The molecule has 0 saturated carbocycles. The predicted octanol–water partition coefficient (Wildman–Crippen LogP) is 1.66. The summed E-state index contributed by atoms with van der Waals surface area (Å²) in [5.74, 6) is 0. The van der Waals surface area contributed by atoms with E-state index in [4.69, 9.17) is 4.74 Å². The molecule has 1 aliphatic rings. The quantitative estimate of drug-likeness (QED) is 0.590. The largest absolute Gasteiger partial charge is 0.471 e. The highest BCUT2D eigenvalue weighted by Gasteiger charge is 2.13. The van der Waals surface area contributed by atoms with Crippen LogP contribution < -0.4 is 0 Å². The van der Waals surface area contributed by atoms with Crippen LogP contribution in [0.5, 0.6) is 0 Å². The van der Waals surface area contributed by atoms with Crippen LogP contribution in [0.1, 0.15) is 11.6 Å². The predicted molar refractivity (Wildman–Crippen MR) is 42.6 cm³/mol. The Hall–Kier alpha value is -1.31. The van der Waals surface area contributed by atoms with Gasteiger partial charge in [-0.25, -0.2) is 4.99 Å². The van der Waals surface area contributed by atoms with Crippen LogP contribution in [0.25, 0.3) is 0 Å². The molecule has 0 fully saturated rings. The van der Waals surface area contributed by atoms with Gasteiger partial charge in [0.05, 0.1) is 0 Å². The molecule has 11 heavy (non-hydrogen) atoms. The molecule has 0 aromatic heterocycles. The highest BCUT2D eigenvalue weighted by atomic mass is 16.5. The van der Waals surface area contributed by atoms with Gasteiger partial charge in [0.15, 0.2) is 0 Å². The van der Waals surface area contributed by atoms with Gasteiger partial charge < -0.3 is 4.74 Å². The van der Waals surface area contributed by atoms with E-state index in [1.165, 1.54) is 5.56 Å². The third-order valence-electron chi connectivity index (χ3n) is 1.70. The van der Waals surface area contributed by atoms with Gasteiger partial charge in [-0.15, -0.1) is 0 Å². The fourth-order valence-corrected chi connectivity index (χ4v) is 1.10. The maximum absolute atomic E-state index is 4.89. The van der Waals surface area contributed by atoms with Crippen molar-refractivity contribution in [2.75, 3.05) is 6.61 Å². The zero-order valence-electron chi connectivity index (χ0n) is 6.03. The van der Waals surface area contributed by atoms with Gasteiger partial charge in [0.1, 0.15) is 12.6 Å². The summed E-state index contributed by atoms with van der Waals surface area (Å²) in [6, 6.07) is 10.3. The minimum atomic E-state index is 0.163. The van der Waals surface area contributed by atoms with Gasteiger partial charge in [0, 0.05) is 0 Å². The molecule has 0 spiro atoms. The molecule has 0 N–H and O–H groups in total. The molecule has 1 aromatic rings. The molecule has 1 aliphatic heterocycles. The molecule has 55 valence electrons. The van der Waals surface area contributed by atoms with E-state index in [-0.39, 0.29) is 6.04 Å². The summed E-state index contributed by atoms with van der Waals surface area (Å²) in [4.78, 5) is 4.03.